The average Bonchev–Trinajstić information content (AvgIpc) is 2.10. The molecule has 4 atom stereocenters. The van der Waals surface area contributed by atoms with Crippen molar-refractivity contribution in [2.24, 2.45) is 17.3 Å². The van der Waals surface area contributed by atoms with Gasteiger partial charge in [0.1, 0.15) is 28.5 Å². The molecular formula is C68H79N7O13S. The SMILES string of the molecule is COC(=O)c1ccc(N2CCC3(CC2)CC(N2CCC[C@H]2c2ccccc2C(C)C)C3)cc1Oc1cc2cc[nH]c2nc1OC[C@@H]1C[C@H]1COc1cc(S(=O)(=O)N(Cc2ccc(OC)cc2)Cc2ccc(OC)cc2)cc([N+](=O)[O-])c1NC[C@H]1COCCO1. The summed E-state index contributed by atoms with van der Waals surface area (Å²) in [6, 6.07) is 36.0. The molecule has 5 aliphatic rings. The van der Waals surface area contributed by atoms with Crippen LogP contribution in [-0.2, 0) is 37.3 Å². The highest BCUT2D eigenvalue weighted by Crippen LogP contribution is 2.55. The molecule has 3 aliphatic heterocycles. The highest BCUT2D eigenvalue weighted by molar-refractivity contribution is 7.89. The van der Waals surface area contributed by atoms with E-state index in [9.17, 15) is 14.9 Å². The largest absolute Gasteiger partial charge is 0.497 e. The van der Waals surface area contributed by atoms with Crippen molar-refractivity contribution in [3.05, 3.63) is 159 Å². The molecule has 7 aromatic rings. The minimum atomic E-state index is -4.46. The lowest BCUT2D eigenvalue weighted by Gasteiger charge is -2.56. The predicted octanol–water partition coefficient (Wildman–Crippen LogP) is 12.1. The number of hydrogen-bond donors (Lipinski definition) is 2. The van der Waals surface area contributed by atoms with Crippen molar-refractivity contribution in [1.29, 1.82) is 0 Å². The number of nitrogens with one attached hydrogen (secondary N) is 2. The number of methoxy groups -OCH3 is 3. The molecule has 0 unspecified atom stereocenters. The number of hydrogen-bond acceptors (Lipinski definition) is 17. The van der Waals surface area contributed by atoms with E-state index in [1.165, 1.54) is 54.3 Å². The van der Waals surface area contributed by atoms with Crippen molar-refractivity contribution < 1.29 is 56.0 Å². The van der Waals surface area contributed by atoms with Gasteiger partial charge in [-0.15, -0.1) is 0 Å². The van der Waals surface area contributed by atoms with E-state index in [0.29, 0.717) is 82.8 Å². The van der Waals surface area contributed by atoms with E-state index in [2.05, 4.69) is 58.2 Å². The zero-order valence-electron chi connectivity index (χ0n) is 51.2. The quantitative estimate of drug-likeness (QED) is 0.0309. The number of esters is 1. The van der Waals surface area contributed by atoms with E-state index < -0.39 is 32.7 Å². The molecular weight excluding hydrogens is 1150 g/mol. The van der Waals surface area contributed by atoms with E-state index in [0.717, 1.165) is 49.6 Å². The maximum absolute atomic E-state index is 15.0. The summed E-state index contributed by atoms with van der Waals surface area (Å²) in [6.45, 7) is 8.90. The Morgan fingerprint density at radius 3 is 2.21 bits per heavy atom. The van der Waals surface area contributed by atoms with Gasteiger partial charge in [0.15, 0.2) is 17.2 Å². The van der Waals surface area contributed by atoms with Crippen LogP contribution in [0.1, 0.15) is 103 Å². The Morgan fingerprint density at radius 1 is 0.843 bits per heavy atom. The number of aromatic nitrogens is 2. The molecule has 21 heteroatoms. The van der Waals surface area contributed by atoms with Crippen molar-refractivity contribution in [3.8, 4) is 34.6 Å². The van der Waals surface area contributed by atoms with Crippen LogP contribution in [-0.4, -0.2) is 131 Å². The van der Waals surface area contributed by atoms with E-state index in [1.54, 1.807) is 75.0 Å². The highest BCUT2D eigenvalue weighted by Gasteiger charge is 2.50. The van der Waals surface area contributed by atoms with Gasteiger partial charge < -0.3 is 53.1 Å². The molecule has 470 valence electrons. The first-order chi connectivity index (χ1) is 43.2. The number of piperidine rings is 1. The second kappa shape index (κ2) is 26.6. The monoisotopic (exact) mass is 1230 g/mol. The molecule has 89 heavy (non-hydrogen) atoms. The Hall–Kier alpha value is -7.95. The van der Waals surface area contributed by atoms with Gasteiger partial charge in [-0.05, 0) is 145 Å². The number of carbonyl (C=O) groups is 1. The van der Waals surface area contributed by atoms with Crippen molar-refractivity contribution in [2.75, 3.05) is 90.8 Å². The molecule has 2 saturated carbocycles. The van der Waals surface area contributed by atoms with Gasteiger partial charge in [-0.1, -0.05) is 62.4 Å². The topological polar surface area (TPSA) is 219 Å². The van der Waals surface area contributed by atoms with Crippen LogP contribution in [0, 0.1) is 27.4 Å². The summed E-state index contributed by atoms with van der Waals surface area (Å²) in [5.41, 5.74) is 5.97. The number of rotatable bonds is 25. The van der Waals surface area contributed by atoms with Crippen molar-refractivity contribution in [3.63, 3.8) is 0 Å². The molecule has 3 saturated heterocycles. The van der Waals surface area contributed by atoms with Gasteiger partial charge >= 0.3 is 5.97 Å². The zero-order chi connectivity index (χ0) is 61.8. The number of H-pyrrole nitrogens is 1. The van der Waals surface area contributed by atoms with Crippen LogP contribution in [0.3, 0.4) is 0 Å². The van der Waals surface area contributed by atoms with E-state index in [4.69, 9.17) is 42.9 Å². The van der Waals surface area contributed by atoms with Crippen LogP contribution < -0.4 is 33.9 Å². The summed E-state index contributed by atoms with van der Waals surface area (Å²) in [4.78, 5) is 38.8. The number of ether oxygens (including phenoxy) is 8. The summed E-state index contributed by atoms with van der Waals surface area (Å²) < 4.78 is 78.6. The molecule has 2 N–H and O–H groups in total. The molecule has 20 nitrogen and oxygen atoms in total. The standard InChI is InChI=1S/C68H79N7O13S/c1-44(2)56-9-6-7-10-57(56)59-11-8-26-74(59)51-36-68(37-51)23-27-72(28-24-68)50-16-21-58(67(76)83-5)61(33-50)88-63-32-47-22-25-69-65(47)71-66(63)87-42-49-31-48(49)41-86-62-35-55(34-60(75(77)78)64(62)70-38-54-43-84-29-30-85-54)89(79,80)73(39-45-12-17-52(81-3)18-13-45)40-46-14-19-53(82-4)20-15-46/h6-7,9-10,12-22,25,32-35,44,48-49,51,54,59,70H,8,11,23-24,26-31,36-43H2,1-5H3,(H,69,71)/t48-,49-,54-,59-/m0/s1. The van der Waals surface area contributed by atoms with Gasteiger partial charge in [-0.25, -0.2) is 13.2 Å². The third kappa shape index (κ3) is 13.6. The van der Waals surface area contributed by atoms with Crippen molar-refractivity contribution in [2.45, 2.75) is 101 Å². The summed E-state index contributed by atoms with van der Waals surface area (Å²) in [6.07, 6.45) is 9.11. The smallest absolute Gasteiger partial charge is 0.341 e. The Labute approximate surface area is 519 Å². The molecule has 12 rings (SSSR count). The van der Waals surface area contributed by atoms with Crippen LogP contribution in [0.15, 0.2) is 126 Å². The lowest BCUT2D eigenvalue weighted by molar-refractivity contribution is -0.384. The number of aromatic amines is 1. The molecule has 0 bridgehead atoms. The van der Waals surface area contributed by atoms with E-state index in [1.807, 2.05) is 24.3 Å². The second-order valence-electron chi connectivity index (χ2n) is 24.6. The molecule has 0 amide bonds. The van der Waals surface area contributed by atoms with Crippen LogP contribution in [0.5, 0.6) is 34.6 Å². The minimum Gasteiger partial charge on any atom is -0.497 e. The second-order valence-corrected chi connectivity index (χ2v) is 26.5. The summed E-state index contributed by atoms with van der Waals surface area (Å²) in [5, 5.41) is 17.0. The number of nitro groups is 1. The first kappa shape index (κ1) is 61.3. The van der Waals surface area contributed by atoms with Gasteiger partial charge in [-0.2, -0.15) is 9.29 Å². The number of fused-ring (bicyclic) bond motifs is 1. The van der Waals surface area contributed by atoms with Gasteiger partial charge in [0.05, 0.1) is 70.3 Å². The molecule has 5 fully saturated rings. The Balaban J connectivity index is 0.743. The number of carbonyl (C=O) groups excluding carboxylic acids is 1. The predicted molar refractivity (Wildman–Crippen MR) is 337 cm³/mol. The zero-order valence-corrected chi connectivity index (χ0v) is 52.0. The maximum atomic E-state index is 15.0. The Bertz CT molecular complexity index is 3700. The minimum absolute atomic E-state index is 0.0104. The fraction of sp³-hybridized carbons (Fsp3) is 0.441. The van der Waals surface area contributed by atoms with Crippen LogP contribution in [0.25, 0.3) is 11.0 Å². The molecule has 2 aromatic heterocycles. The fourth-order valence-electron chi connectivity index (χ4n) is 13.4. The number of nitro benzene ring substituents is 1. The van der Waals surface area contributed by atoms with Gasteiger partial charge in [0.2, 0.25) is 10.0 Å². The summed E-state index contributed by atoms with van der Waals surface area (Å²) in [5.74, 6) is 1.86. The van der Waals surface area contributed by atoms with Crippen LogP contribution >= 0.6 is 0 Å². The molecule has 1 spiro atoms. The molecule has 5 aromatic carbocycles. The number of anilines is 2. The van der Waals surface area contributed by atoms with Gasteiger partial charge in [-0.3, -0.25) is 15.0 Å². The van der Waals surface area contributed by atoms with Crippen molar-refractivity contribution >= 4 is 44.1 Å². The lowest BCUT2D eigenvalue weighted by Crippen LogP contribution is -2.54. The summed E-state index contributed by atoms with van der Waals surface area (Å²) in [7, 11) is -0.0116. The fourth-order valence-corrected chi connectivity index (χ4v) is 14.9. The number of pyridine rings is 1. The van der Waals surface area contributed by atoms with Gasteiger partial charge in [0.25, 0.3) is 11.6 Å². The molecule has 5 heterocycles. The first-order valence-corrected chi connectivity index (χ1v) is 32.4. The van der Waals surface area contributed by atoms with Crippen molar-refractivity contribution in [1.82, 2.24) is 19.2 Å². The average molecular weight is 1230 g/mol. The van der Waals surface area contributed by atoms with Crippen LogP contribution in [0.2, 0.25) is 0 Å². The number of nitrogens with zero attached hydrogens (tertiary/aromatic N) is 5. The normalized spacial score (nSPS) is 20.1. The van der Waals surface area contributed by atoms with Crippen LogP contribution in [0.4, 0.5) is 17.1 Å². The first-order valence-electron chi connectivity index (χ1n) is 30.9. The highest BCUT2D eigenvalue weighted by atomic mass is 32.2. The molecule has 0 radical (unpaired) electrons. The van der Waals surface area contributed by atoms with E-state index >= 15 is 8.42 Å². The lowest BCUT2D eigenvalue weighted by atomic mass is 9.59. The molecule has 2 aliphatic carbocycles. The number of sulfonamides is 1. The third-order valence-corrected chi connectivity index (χ3v) is 20.4. The Morgan fingerprint density at radius 2 is 1.55 bits per heavy atom. The number of likely N-dealkylation sites (tertiary alicyclic amines) is 1. The van der Waals surface area contributed by atoms with E-state index in [-0.39, 0.29) is 79.1 Å². The Kier molecular flexibility index (Phi) is 18.3. The number of benzene rings is 5. The summed E-state index contributed by atoms with van der Waals surface area (Å²) >= 11 is 0. The maximum Gasteiger partial charge on any atom is 0.341 e. The van der Waals surface area contributed by atoms with Gasteiger partial charge in [0, 0.05) is 80.3 Å². The third-order valence-electron chi connectivity index (χ3n) is 18.6.